The van der Waals surface area contributed by atoms with Crippen LogP contribution in [0.1, 0.15) is 0 Å². The molecular weight excluding hydrogens is 303 g/mol. The van der Waals surface area contributed by atoms with Crippen LogP contribution in [0.4, 0.5) is 0 Å². The highest BCUT2D eigenvalue weighted by atomic mass is 35.5. The van der Waals surface area contributed by atoms with Crippen LogP contribution >= 0.6 is 11.6 Å². The number of aromatic amines is 1. The average Bonchev–Trinajstić information content (AvgIpc) is 2.82. The molecule has 0 amide bonds. The lowest BCUT2D eigenvalue weighted by molar-refractivity contribution is -0.637. The van der Waals surface area contributed by atoms with E-state index in [4.69, 9.17) is 11.6 Å². The first-order chi connectivity index (χ1) is 9.15. The number of fused-ring (bicyclic) bond motifs is 2. The zero-order chi connectivity index (χ0) is 13.1. The van der Waals surface area contributed by atoms with Gasteiger partial charge in [-0.1, -0.05) is 11.6 Å². The Bertz CT molecular complexity index is 977. The van der Waals surface area contributed by atoms with Crippen molar-refractivity contribution in [1.29, 1.82) is 0 Å². The summed E-state index contributed by atoms with van der Waals surface area (Å²) < 4.78 is 3.45. The van der Waals surface area contributed by atoms with E-state index in [-0.39, 0.29) is 17.9 Å². The second kappa shape index (κ2) is 4.29. The molecule has 1 aromatic carbocycles. The third-order valence-electron chi connectivity index (χ3n) is 3.41. The zero-order valence-electron chi connectivity index (χ0n) is 10.1. The smallest absolute Gasteiger partial charge is 0.416 e. The molecule has 0 fully saturated rings. The van der Waals surface area contributed by atoms with E-state index in [2.05, 4.69) is 9.97 Å². The lowest BCUT2D eigenvalue weighted by Crippen LogP contribution is -3.00. The summed E-state index contributed by atoms with van der Waals surface area (Å²) >= 11 is 6.00. The molecule has 3 aromatic rings. The van der Waals surface area contributed by atoms with Crippen LogP contribution in [-0.4, -0.2) is 14.5 Å². The minimum atomic E-state index is -0.455. The van der Waals surface area contributed by atoms with E-state index in [0.717, 1.165) is 5.52 Å². The summed E-state index contributed by atoms with van der Waals surface area (Å²) in [6.07, 6.45) is 0. The van der Waals surface area contributed by atoms with E-state index >= 15 is 0 Å². The van der Waals surface area contributed by atoms with Crippen LogP contribution in [0.3, 0.4) is 0 Å². The SMILES string of the molecule is O=c1[nH]c(=O)n2c3c1nc1ccc(Cl)cc1[n+]3CC2.[Cl-]. The molecule has 0 atom stereocenters. The number of nitrogens with zero attached hydrogens (tertiary/aromatic N) is 3. The molecule has 2 aromatic heterocycles. The molecule has 102 valence electrons. The lowest BCUT2D eigenvalue weighted by Gasteiger charge is -2.01. The Labute approximate surface area is 123 Å². The first-order valence-electron chi connectivity index (χ1n) is 5.81. The van der Waals surface area contributed by atoms with E-state index in [1.165, 1.54) is 4.57 Å². The van der Waals surface area contributed by atoms with Crippen molar-refractivity contribution in [2.45, 2.75) is 13.1 Å². The first kappa shape index (κ1) is 13.1. The summed E-state index contributed by atoms with van der Waals surface area (Å²) in [4.78, 5) is 30.3. The van der Waals surface area contributed by atoms with Crippen molar-refractivity contribution in [3.05, 3.63) is 44.1 Å². The number of hydrogen-bond donors (Lipinski definition) is 1. The molecule has 3 heterocycles. The molecule has 0 aliphatic carbocycles. The summed E-state index contributed by atoms with van der Waals surface area (Å²) in [5.41, 5.74) is 1.51. The summed E-state index contributed by atoms with van der Waals surface area (Å²) in [6, 6.07) is 5.30. The van der Waals surface area contributed by atoms with Crippen molar-refractivity contribution < 1.29 is 17.0 Å². The number of H-pyrrole nitrogens is 1. The maximum atomic E-state index is 11.9. The minimum Gasteiger partial charge on any atom is -1.00 e. The van der Waals surface area contributed by atoms with E-state index in [0.29, 0.717) is 29.3 Å². The van der Waals surface area contributed by atoms with Gasteiger partial charge in [0.2, 0.25) is 5.52 Å². The zero-order valence-corrected chi connectivity index (χ0v) is 11.6. The summed E-state index contributed by atoms with van der Waals surface area (Å²) in [5.74, 6) is 0. The molecule has 0 radical (unpaired) electrons. The first-order valence-corrected chi connectivity index (χ1v) is 6.19. The van der Waals surface area contributed by atoms with Crippen molar-refractivity contribution in [3.63, 3.8) is 0 Å². The summed E-state index contributed by atoms with van der Waals surface area (Å²) in [7, 11) is 0. The predicted octanol–water partition coefficient (Wildman–Crippen LogP) is -2.80. The number of benzene rings is 1. The van der Waals surface area contributed by atoms with Gasteiger partial charge in [0, 0.05) is 11.1 Å². The molecular formula is C12H8Cl2N4O2. The van der Waals surface area contributed by atoms with Gasteiger partial charge in [0.1, 0.15) is 18.6 Å². The van der Waals surface area contributed by atoms with E-state index in [9.17, 15) is 9.59 Å². The predicted molar refractivity (Wildman–Crippen MR) is 69.3 cm³/mol. The van der Waals surface area contributed by atoms with E-state index < -0.39 is 11.2 Å². The molecule has 0 bridgehead atoms. The average molecular weight is 311 g/mol. The van der Waals surface area contributed by atoms with Crippen LogP contribution in [0, 0.1) is 0 Å². The van der Waals surface area contributed by atoms with Gasteiger partial charge < -0.3 is 12.4 Å². The van der Waals surface area contributed by atoms with Crippen LogP contribution < -0.4 is 28.2 Å². The Kier molecular flexibility index (Phi) is 2.81. The number of rotatable bonds is 0. The van der Waals surface area contributed by atoms with Gasteiger partial charge in [0.15, 0.2) is 5.52 Å². The molecule has 1 aliphatic rings. The second-order valence-electron chi connectivity index (χ2n) is 4.48. The summed E-state index contributed by atoms with van der Waals surface area (Å²) in [6.45, 7) is 1.15. The van der Waals surface area contributed by atoms with Crippen LogP contribution in [0.25, 0.3) is 22.2 Å². The molecule has 0 saturated carbocycles. The van der Waals surface area contributed by atoms with Gasteiger partial charge in [0.25, 0.3) is 5.56 Å². The van der Waals surface area contributed by atoms with Crippen LogP contribution in [0.2, 0.25) is 5.02 Å². The number of aryl methyl sites for hydroxylation is 2. The van der Waals surface area contributed by atoms with Crippen molar-refractivity contribution in [2.24, 2.45) is 0 Å². The highest BCUT2D eigenvalue weighted by molar-refractivity contribution is 6.31. The van der Waals surface area contributed by atoms with Crippen LogP contribution in [0.5, 0.6) is 0 Å². The number of hydrogen-bond acceptors (Lipinski definition) is 3. The third-order valence-corrected chi connectivity index (χ3v) is 3.65. The monoisotopic (exact) mass is 310 g/mol. The Balaban J connectivity index is 0.00000121. The highest BCUT2D eigenvalue weighted by Gasteiger charge is 2.28. The lowest BCUT2D eigenvalue weighted by atomic mass is 10.3. The highest BCUT2D eigenvalue weighted by Crippen LogP contribution is 2.18. The van der Waals surface area contributed by atoms with Crippen LogP contribution in [-0.2, 0) is 13.1 Å². The van der Waals surface area contributed by atoms with Gasteiger partial charge in [-0.15, -0.1) is 0 Å². The van der Waals surface area contributed by atoms with Gasteiger partial charge in [-0.3, -0.25) is 9.78 Å². The van der Waals surface area contributed by atoms with Gasteiger partial charge in [-0.05, 0) is 12.1 Å². The molecule has 8 heteroatoms. The molecule has 1 N–H and O–H groups in total. The largest absolute Gasteiger partial charge is 1.00 e. The van der Waals surface area contributed by atoms with Crippen molar-refractivity contribution in [2.75, 3.05) is 0 Å². The Morgan fingerprint density at radius 2 is 2.15 bits per heavy atom. The normalized spacial score (nSPS) is 12.8. The fourth-order valence-corrected chi connectivity index (χ4v) is 2.77. The van der Waals surface area contributed by atoms with Gasteiger partial charge in [-0.2, -0.15) is 4.57 Å². The standard InChI is InChI=1S/C12H7ClN4O2.ClH/c13-6-1-2-7-8(5-6)16-3-4-17-11(16)9(14-7)10(18)15-12(17)19;/h1-2,5H,3-4H2;1H. The number of halogens is 2. The molecule has 4 rings (SSSR count). The summed E-state index contributed by atoms with van der Waals surface area (Å²) in [5, 5.41) is 0.600. The Morgan fingerprint density at radius 3 is 2.95 bits per heavy atom. The van der Waals surface area contributed by atoms with Gasteiger partial charge in [0.05, 0.1) is 0 Å². The second-order valence-corrected chi connectivity index (χ2v) is 4.92. The molecule has 0 unspecified atom stereocenters. The number of nitrogens with one attached hydrogen (secondary N) is 1. The van der Waals surface area contributed by atoms with Gasteiger partial charge in [-0.25, -0.2) is 14.3 Å². The van der Waals surface area contributed by atoms with E-state index in [1.54, 1.807) is 18.2 Å². The molecule has 0 saturated heterocycles. The van der Waals surface area contributed by atoms with Gasteiger partial charge >= 0.3 is 11.3 Å². The Morgan fingerprint density at radius 1 is 1.35 bits per heavy atom. The number of aromatic nitrogens is 4. The third kappa shape index (κ3) is 1.58. The van der Waals surface area contributed by atoms with E-state index in [1.807, 2.05) is 4.57 Å². The Hall–Kier alpha value is -1.92. The van der Waals surface area contributed by atoms with Crippen molar-refractivity contribution in [1.82, 2.24) is 14.5 Å². The molecule has 1 aliphatic heterocycles. The van der Waals surface area contributed by atoms with Crippen LogP contribution in [0.15, 0.2) is 27.8 Å². The fraction of sp³-hybridized carbons (Fsp3) is 0.167. The van der Waals surface area contributed by atoms with Crippen molar-refractivity contribution in [3.8, 4) is 0 Å². The quantitative estimate of drug-likeness (QED) is 0.360. The van der Waals surface area contributed by atoms with Crippen molar-refractivity contribution >= 4 is 33.8 Å². The molecule has 0 spiro atoms. The topological polar surface area (TPSA) is 71.6 Å². The maximum Gasteiger partial charge on any atom is 0.416 e. The fourth-order valence-electron chi connectivity index (χ4n) is 2.60. The molecule has 20 heavy (non-hydrogen) atoms. The maximum absolute atomic E-state index is 11.9. The molecule has 6 nitrogen and oxygen atoms in total. The minimum absolute atomic E-state index is 0.